The van der Waals surface area contributed by atoms with Crippen molar-refractivity contribution in [3.05, 3.63) is 82.9 Å². The van der Waals surface area contributed by atoms with Gasteiger partial charge in [-0.05, 0) is 82.3 Å². The largest absolute Gasteiger partial charge is 2.00 e. The minimum atomic E-state index is -1.15. The number of rotatable bonds is 4. The number of hydrogen-bond donors (Lipinski definition) is 2. The molecule has 0 aromatic heterocycles. The number of carbonyl (C=O) groups is 2. The van der Waals surface area contributed by atoms with E-state index in [-0.39, 0.29) is 30.6 Å². The Morgan fingerprint density at radius 2 is 0.951 bits per heavy atom. The first-order valence-electron chi connectivity index (χ1n) is 14.3. The van der Waals surface area contributed by atoms with E-state index in [1.807, 2.05) is 24.3 Å². The molecule has 7 heteroatoms. The molecule has 6 nitrogen and oxygen atoms in total. The van der Waals surface area contributed by atoms with Gasteiger partial charge >= 0.3 is 31.4 Å². The molecule has 2 aliphatic rings. The molecule has 0 radical (unpaired) electrons. The molecular formula is C34H34O6Zn. The van der Waals surface area contributed by atoms with Gasteiger partial charge in [-0.25, -0.2) is 9.59 Å². The molecule has 6 rings (SSSR count). The van der Waals surface area contributed by atoms with E-state index >= 15 is 0 Å². The van der Waals surface area contributed by atoms with Crippen LogP contribution in [0.3, 0.4) is 0 Å². The summed E-state index contributed by atoms with van der Waals surface area (Å²) in [4.78, 5) is 22.1. The van der Waals surface area contributed by atoms with Crippen LogP contribution in [0.25, 0.3) is 21.5 Å². The topological polar surface area (TPSA) is 121 Å². The molecule has 4 aromatic rings. The number of carboxylic acids is 2. The number of benzene rings is 4. The molecule has 2 saturated carbocycles. The maximum atomic E-state index is 11.9. The average Bonchev–Trinajstić information content (AvgIpc) is 2.97. The SMILES string of the molecule is O=C(O)c1cc2cccc(C3CCCCC3)c2cc1[O-].O=C(O)c1cc2cccc(C3CCCCC3)c2cc1[O-].[Zn+2]. The molecule has 0 unspecified atom stereocenters. The third-order valence-corrected chi connectivity index (χ3v) is 8.58. The van der Waals surface area contributed by atoms with Crippen LogP contribution in [0, 0.1) is 0 Å². The Balaban J connectivity index is 0.000000184. The van der Waals surface area contributed by atoms with Crippen LogP contribution in [0.2, 0.25) is 0 Å². The zero-order valence-electron chi connectivity index (χ0n) is 23.2. The zero-order valence-corrected chi connectivity index (χ0v) is 26.2. The van der Waals surface area contributed by atoms with Crippen molar-refractivity contribution in [1.82, 2.24) is 0 Å². The summed E-state index contributed by atoms with van der Waals surface area (Å²) in [6.07, 6.45) is 12.2. The van der Waals surface area contributed by atoms with Crippen LogP contribution in [0.15, 0.2) is 60.7 Å². The average molecular weight is 604 g/mol. The van der Waals surface area contributed by atoms with Crippen molar-refractivity contribution in [2.75, 3.05) is 0 Å². The Labute approximate surface area is 252 Å². The number of aromatic carboxylic acids is 2. The van der Waals surface area contributed by atoms with Gasteiger partial charge in [-0.2, -0.15) is 0 Å². The molecule has 0 heterocycles. The Morgan fingerprint density at radius 1 is 0.585 bits per heavy atom. The standard InChI is InChI=1S/2C17H18O3.Zn/c2*18-16-10-14-12(9-15(16)17(19)20)7-4-8-13(14)11-5-2-1-3-6-11;/h2*4,7-11,18H,1-3,5-6H2,(H,19,20);/q;;+2/p-2. The summed E-state index contributed by atoms with van der Waals surface area (Å²) in [5.74, 6) is -2.09. The van der Waals surface area contributed by atoms with Gasteiger partial charge in [-0.3, -0.25) is 0 Å². The molecule has 2 N–H and O–H groups in total. The molecule has 0 amide bonds. The van der Waals surface area contributed by atoms with E-state index in [1.165, 1.54) is 73.9 Å². The van der Waals surface area contributed by atoms with E-state index in [4.69, 9.17) is 10.2 Å². The van der Waals surface area contributed by atoms with E-state index in [1.54, 1.807) is 0 Å². The molecule has 0 saturated heterocycles. The summed E-state index contributed by atoms with van der Waals surface area (Å²) in [6.45, 7) is 0. The van der Waals surface area contributed by atoms with E-state index in [9.17, 15) is 19.8 Å². The van der Waals surface area contributed by atoms with Crippen LogP contribution in [0.5, 0.6) is 11.5 Å². The maximum absolute atomic E-state index is 11.9. The summed E-state index contributed by atoms with van der Waals surface area (Å²) >= 11 is 0. The molecule has 0 spiro atoms. The second kappa shape index (κ2) is 13.5. The van der Waals surface area contributed by atoms with Gasteiger partial charge in [0.1, 0.15) is 0 Å². The fourth-order valence-electron chi connectivity index (χ4n) is 6.53. The summed E-state index contributed by atoms with van der Waals surface area (Å²) in [6, 6.07) is 17.9. The first kappa shape index (κ1) is 30.5. The van der Waals surface area contributed by atoms with Gasteiger partial charge < -0.3 is 20.4 Å². The van der Waals surface area contributed by atoms with Crippen molar-refractivity contribution in [3.63, 3.8) is 0 Å². The van der Waals surface area contributed by atoms with Gasteiger partial charge in [0.15, 0.2) is 0 Å². The first-order chi connectivity index (χ1) is 19.3. The van der Waals surface area contributed by atoms with Gasteiger partial charge in [0.25, 0.3) is 0 Å². The summed E-state index contributed by atoms with van der Waals surface area (Å²) in [5.41, 5.74) is 2.13. The molecular weight excluding hydrogens is 570 g/mol. The quantitative estimate of drug-likeness (QED) is 0.236. The monoisotopic (exact) mass is 602 g/mol. The van der Waals surface area contributed by atoms with E-state index < -0.39 is 23.4 Å². The predicted octanol–water partition coefficient (Wildman–Crippen LogP) is 7.32. The van der Waals surface area contributed by atoms with E-state index in [0.29, 0.717) is 11.8 Å². The van der Waals surface area contributed by atoms with Crippen LogP contribution >= 0.6 is 0 Å². The van der Waals surface area contributed by atoms with E-state index in [2.05, 4.69) is 12.1 Å². The van der Waals surface area contributed by atoms with Gasteiger partial charge in [0.05, 0.1) is 11.1 Å². The molecule has 0 aliphatic heterocycles. The molecule has 208 valence electrons. The van der Waals surface area contributed by atoms with Crippen molar-refractivity contribution in [2.45, 2.75) is 76.0 Å². The van der Waals surface area contributed by atoms with Crippen molar-refractivity contribution in [3.8, 4) is 11.5 Å². The van der Waals surface area contributed by atoms with Crippen LogP contribution < -0.4 is 10.2 Å². The van der Waals surface area contributed by atoms with Crippen LogP contribution in [0.4, 0.5) is 0 Å². The Morgan fingerprint density at radius 3 is 1.29 bits per heavy atom. The Bertz CT molecular complexity index is 1430. The first-order valence-corrected chi connectivity index (χ1v) is 14.3. The molecule has 4 aromatic carbocycles. The zero-order chi connectivity index (χ0) is 28.2. The molecule has 2 fully saturated rings. The van der Waals surface area contributed by atoms with Gasteiger partial charge in [-0.1, -0.05) is 98.6 Å². The molecule has 0 bridgehead atoms. The summed E-state index contributed by atoms with van der Waals surface area (Å²) in [5, 5.41) is 45.5. The van der Waals surface area contributed by atoms with Crippen LogP contribution in [0.1, 0.15) is 108 Å². The van der Waals surface area contributed by atoms with Gasteiger partial charge in [0.2, 0.25) is 0 Å². The minimum absolute atomic E-state index is 0. The minimum Gasteiger partial charge on any atom is -0.872 e. The predicted molar refractivity (Wildman–Crippen MR) is 152 cm³/mol. The smallest absolute Gasteiger partial charge is 0.872 e. The fourth-order valence-corrected chi connectivity index (χ4v) is 6.53. The Hall–Kier alpha value is -3.44. The third-order valence-electron chi connectivity index (χ3n) is 8.58. The molecule has 41 heavy (non-hydrogen) atoms. The number of hydrogen-bond acceptors (Lipinski definition) is 4. The van der Waals surface area contributed by atoms with Crippen molar-refractivity contribution >= 4 is 33.5 Å². The molecule has 2 aliphatic carbocycles. The van der Waals surface area contributed by atoms with Crippen molar-refractivity contribution < 1.29 is 49.5 Å². The van der Waals surface area contributed by atoms with Gasteiger partial charge in [-0.15, -0.1) is 0 Å². The number of carboxylic acid groups (broad SMARTS) is 2. The maximum Gasteiger partial charge on any atom is 2.00 e. The fraction of sp³-hybridized carbons (Fsp3) is 0.353. The summed E-state index contributed by atoms with van der Waals surface area (Å²) in [7, 11) is 0. The number of fused-ring (bicyclic) bond motifs is 2. The second-order valence-electron chi connectivity index (χ2n) is 11.1. The van der Waals surface area contributed by atoms with Crippen molar-refractivity contribution in [2.24, 2.45) is 0 Å². The normalized spacial score (nSPS) is 16.0. The van der Waals surface area contributed by atoms with Crippen molar-refractivity contribution in [1.29, 1.82) is 0 Å². The third kappa shape index (κ3) is 6.73. The molecule has 0 atom stereocenters. The van der Waals surface area contributed by atoms with Crippen LogP contribution in [-0.4, -0.2) is 22.2 Å². The Kier molecular flexibility index (Phi) is 10.0. The van der Waals surface area contributed by atoms with Gasteiger partial charge in [0, 0.05) is 0 Å². The van der Waals surface area contributed by atoms with E-state index in [0.717, 1.165) is 47.2 Å². The summed E-state index contributed by atoms with van der Waals surface area (Å²) < 4.78 is 0. The van der Waals surface area contributed by atoms with Crippen LogP contribution in [-0.2, 0) is 19.5 Å². The second-order valence-corrected chi connectivity index (χ2v) is 11.1.